The van der Waals surface area contributed by atoms with Crippen molar-refractivity contribution in [3.05, 3.63) is 0 Å². The molecule has 8 nitrogen and oxygen atoms in total. The second-order valence-electron chi connectivity index (χ2n) is 6.88. The Hall–Kier alpha value is -1.83. The number of carbonyl (C=O) groups excluding carboxylic acids is 2. The van der Waals surface area contributed by atoms with Crippen molar-refractivity contribution in [3.63, 3.8) is 0 Å². The number of amides is 2. The highest BCUT2D eigenvalue weighted by molar-refractivity contribution is 5.85. The molecule has 2 amide bonds. The molecule has 1 unspecified atom stereocenters. The van der Waals surface area contributed by atoms with E-state index in [4.69, 9.17) is 4.74 Å². The van der Waals surface area contributed by atoms with Crippen LogP contribution in [0.25, 0.3) is 0 Å². The number of likely N-dealkylation sites (N-methyl/N-ethyl adjacent to an activating group) is 1. The third-order valence-corrected chi connectivity index (χ3v) is 3.76. The van der Waals surface area contributed by atoms with Crippen LogP contribution in [-0.4, -0.2) is 77.2 Å². The lowest BCUT2D eigenvalue weighted by atomic mass is 9.99. The fraction of sp³-hybridized carbons (Fsp3) is 0.800. The van der Waals surface area contributed by atoms with Gasteiger partial charge in [-0.25, -0.2) is 9.59 Å². The standard InChI is InChI=1S/C15H27N3O5/c1-6-17(5)11(19)9-18-8-7-15(10-18,12(20)21)16-13(22)23-14(2,3)4/h6-10H2,1-5H3,(H,16,22)(H,20,21). The van der Waals surface area contributed by atoms with Crippen LogP contribution >= 0.6 is 0 Å². The van der Waals surface area contributed by atoms with Gasteiger partial charge in [0.15, 0.2) is 5.54 Å². The molecule has 0 aromatic rings. The molecule has 0 spiro atoms. The molecule has 0 radical (unpaired) electrons. The Bertz CT molecular complexity index is 474. The maximum absolute atomic E-state index is 11.9. The van der Waals surface area contributed by atoms with Crippen LogP contribution in [0.4, 0.5) is 4.79 Å². The topological polar surface area (TPSA) is 99.2 Å². The van der Waals surface area contributed by atoms with Gasteiger partial charge >= 0.3 is 12.1 Å². The molecule has 2 N–H and O–H groups in total. The first-order valence-electron chi connectivity index (χ1n) is 7.70. The zero-order chi connectivity index (χ0) is 17.8. The van der Waals surface area contributed by atoms with Gasteiger partial charge in [-0.15, -0.1) is 0 Å². The number of nitrogens with one attached hydrogen (secondary N) is 1. The minimum Gasteiger partial charge on any atom is -0.479 e. The Kier molecular flexibility index (Phi) is 5.98. The number of likely N-dealkylation sites (tertiary alicyclic amines) is 1. The van der Waals surface area contributed by atoms with Gasteiger partial charge in [0.2, 0.25) is 5.91 Å². The summed E-state index contributed by atoms with van der Waals surface area (Å²) in [6, 6.07) is 0. The number of rotatable bonds is 5. The highest BCUT2D eigenvalue weighted by Crippen LogP contribution is 2.22. The molecule has 1 aliphatic rings. The van der Waals surface area contributed by atoms with Crippen molar-refractivity contribution in [1.82, 2.24) is 15.1 Å². The number of alkyl carbamates (subject to hydrolysis) is 1. The van der Waals surface area contributed by atoms with Crippen LogP contribution in [0.15, 0.2) is 0 Å². The summed E-state index contributed by atoms with van der Waals surface area (Å²) in [5, 5.41) is 12.0. The second-order valence-corrected chi connectivity index (χ2v) is 6.88. The molecule has 1 heterocycles. The molecule has 0 aliphatic carbocycles. The van der Waals surface area contributed by atoms with Crippen molar-refractivity contribution in [2.45, 2.75) is 45.3 Å². The first-order valence-corrected chi connectivity index (χ1v) is 7.70. The van der Waals surface area contributed by atoms with Crippen LogP contribution in [0.5, 0.6) is 0 Å². The second kappa shape index (κ2) is 7.16. The number of hydrogen-bond acceptors (Lipinski definition) is 5. The monoisotopic (exact) mass is 329 g/mol. The molecule has 0 saturated carbocycles. The molecule has 0 aromatic heterocycles. The number of carbonyl (C=O) groups is 3. The van der Waals surface area contributed by atoms with E-state index in [0.29, 0.717) is 13.1 Å². The van der Waals surface area contributed by atoms with Crippen molar-refractivity contribution < 1.29 is 24.2 Å². The van der Waals surface area contributed by atoms with Gasteiger partial charge in [-0.1, -0.05) is 0 Å². The quantitative estimate of drug-likeness (QED) is 0.763. The molecule has 0 aromatic carbocycles. The highest BCUT2D eigenvalue weighted by atomic mass is 16.6. The van der Waals surface area contributed by atoms with Crippen molar-refractivity contribution in [2.24, 2.45) is 0 Å². The van der Waals surface area contributed by atoms with E-state index in [1.165, 1.54) is 0 Å². The van der Waals surface area contributed by atoms with E-state index in [2.05, 4.69) is 5.32 Å². The predicted molar refractivity (Wildman–Crippen MR) is 84.1 cm³/mol. The van der Waals surface area contributed by atoms with Gasteiger partial charge < -0.3 is 20.1 Å². The maximum atomic E-state index is 11.9. The molecule has 0 bridgehead atoms. The molecule has 1 saturated heterocycles. The van der Waals surface area contributed by atoms with Crippen molar-refractivity contribution in [1.29, 1.82) is 0 Å². The Morgan fingerprint density at radius 3 is 2.43 bits per heavy atom. The third kappa shape index (κ3) is 5.38. The molecule has 23 heavy (non-hydrogen) atoms. The zero-order valence-corrected chi connectivity index (χ0v) is 14.5. The molecule has 1 fully saturated rings. The van der Waals surface area contributed by atoms with Crippen LogP contribution in [-0.2, 0) is 14.3 Å². The summed E-state index contributed by atoms with van der Waals surface area (Å²) < 4.78 is 5.14. The highest BCUT2D eigenvalue weighted by Gasteiger charge is 2.47. The van der Waals surface area contributed by atoms with E-state index >= 15 is 0 Å². The van der Waals surface area contributed by atoms with Gasteiger partial charge in [-0.2, -0.15) is 0 Å². The van der Waals surface area contributed by atoms with E-state index in [-0.39, 0.29) is 25.4 Å². The number of carboxylic acids is 1. The summed E-state index contributed by atoms with van der Waals surface area (Å²) in [6.45, 7) is 8.21. The van der Waals surface area contributed by atoms with E-state index in [0.717, 1.165) is 0 Å². The third-order valence-electron chi connectivity index (χ3n) is 3.76. The summed E-state index contributed by atoms with van der Waals surface area (Å²) in [5.74, 6) is -1.20. The van der Waals surface area contributed by atoms with Crippen LogP contribution in [0.2, 0.25) is 0 Å². The number of hydrogen-bond donors (Lipinski definition) is 2. The predicted octanol–water partition coefficient (Wildman–Crippen LogP) is 0.519. The molecule has 1 aliphatic heterocycles. The minimum atomic E-state index is -1.42. The smallest absolute Gasteiger partial charge is 0.408 e. The van der Waals surface area contributed by atoms with Crippen molar-refractivity contribution in [2.75, 3.05) is 33.2 Å². The van der Waals surface area contributed by atoms with Crippen LogP contribution in [0, 0.1) is 0 Å². The molecular weight excluding hydrogens is 302 g/mol. The van der Waals surface area contributed by atoms with E-state index in [9.17, 15) is 19.5 Å². The van der Waals surface area contributed by atoms with Crippen LogP contribution in [0.1, 0.15) is 34.1 Å². The summed E-state index contributed by atoms with van der Waals surface area (Å²) in [5.41, 5.74) is -2.13. The Labute approximate surface area is 136 Å². The molecule has 8 heteroatoms. The van der Waals surface area contributed by atoms with Gasteiger partial charge in [0.25, 0.3) is 0 Å². The average Bonchev–Trinajstić information content (AvgIpc) is 2.79. The Morgan fingerprint density at radius 1 is 1.35 bits per heavy atom. The lowest BCUT2D eigenvalue weighted by Crippen LogP contribution is -2.57. The average molecular weight is 329 g/mol. The van der Waals surface area contributed by atoms with E-state index < -0.39 is 23.2 Å². The summed E-state index contributed by atoms with van der Waals surface area (Å²) in [4.78, 5) is 38.8. The maximum Gasteiger partial charge on any atom is 0.408 e. The Morgan fingerprint density at radius 2 is 1.96 bits per heavy atom. The molecule has 132 valence electrons. The largest absolute Gasteiger partial charge is 0.479 e. The van der Waals surface area contributed by atoms with Gasteiger partial charge in [0.05, 0.1) is 6.54 Å². The summed E-state index contributed by atoms with van der Waals surface area (Å²) in [7, 11) is 1.70. The van der Waals surface area contributed by atoms with Crippen molar-refractivity contribution >= 4 is 18.0 Å². The molecular formula is C15H27N3O5. The first kappa shape index (κ1) is 19.2. The summed E-state index contributed by atoms with van der Waals surface area (Å²) in [6.07, 6.45) is -0.538. The SMILES string of the molecule is CCN(C)C(=O)CN1CCC(NC(=O)OC(C)(C)C)(C(=O)O)C1. The number of aliphatic carboxylic acids is 1. The van der Waals surface area contributed by atoms with Crippen molar-refractivity contribution in [3.8, 4) is 0 Å². The normalized spacial score (nSPS) is 21.8. The van der Waals surface area contributed by atoms with Crippen LogP contribution in [0.3, 0.4) is 0 Å². The van der Waals surface area contributed by atoms with E-state index in [1.807, 2.05) is 6.92 Å². The zero-order valence-electron chi connectivity index (χ0n) is 14.5. The van der Waals surface area contributed by atoms with Gasteiger partial charge in [0.1, 0.15) is 5.60 Å². The minimum absolute atomic E-state index is 0.0743. The van der Waals surface area contributed by atoms with Gasteiger partial charge in [-0.3, -0.25) is 9.69 Å². The number of ether oxygens (including phenoxy) is 1. The number of carboxylic acid groups (broad SMARTS) is 1. The summed E-state index contributed by atoms with van der Waals surface area (Å²) >= 11 is 0. The van der Waals surface area contributed by atoms with Crippen LogP contribution < -0.4 is 5.32 Å². The molecule has 1 rings (SSSR count). The van der Waals surface area contributed by atoms with Gasteiger partial charge in [-0.05, 0) is 34.1 Å². The van der Waals surface area contributed by atoms with Gasteiger partial charge in [0, 0.05) is 26.7 Å². The first-order chi connectivity index (χ1) is 10.5. The lowest BCUT2D eigenvalue weighted by molar-refractivity contribution is -0.144. The lowest BCUT2D eigenvalue weighted by Gasteiger charge is -2.28. The fourth-order valence-corrected chi connectivity index (χ4v) is 2.34. The molecule has 1 atom stereocenters. The fourth-order valence-electron chi connectivity index (χ4n) is 2.34. The Balaban J connectivity index is 2.72. The van der Waals surface area contributed by atoms with E-state index in [1.54, 1.807) is 37.6 Å². The number of nitrogens with zero attached hydrogens (tertiary/aromatic N) is 2.